The van der Waals surface area contributed by atoms with Crippen LogP contribution in [0.25, 0.3) is 21.7 Å². The van der Waals surface area contributed by atoms with Crippen LogP contribution in [0.4, 0.5) is 5.00 Å². The van der Waals surface area contributed by atoms with Gasteiger partial charge in [-0.1, -0.05) is 36.4 Å². The van der Waals surface area contributed by atoms with Gasteiger partial charge in [0, 0.05) is 11.1 Å². The van der Waals surface area contributed by atoms with E-state index >= 15 is 0 Å². The standard InChI is InChI=1S/C22H16N2O5S/c1-2-28-21(26)15-16-17(22(27)29-19(23-16)14-11-7-4-8-12-14)30-20(15)24-18(25)13-9-5-3-6-10-13/h3-12H,2H2,1H3,(H,24,25). The number of thiophene rings is 1. The molecule has 30 heavy (non-hydrogen) atoms. The van der Waals surface area contributed by atoms with Gasteiger partial charge in [-0.15, -0.1) is 11.3 Å². The average Bonchev–Trinajstić information content (AvgIpc) is 3.13. The number of amides is 1. The van der Waals surface area contributed by atoms with E-state index in [9.17, 15) is 14.4 Å². The number of anilines is 1. The lowest BCUT2D eigenvalue weighted by atomic mass is 10.2. The van der Waals surface area contributed by atoms with Gasteiger partial charge in [0.2, 0.25) is 5.89 Å². The highest BCUT2D eigenvalue weighted by Gasteiger charge is 2.26. The Balaban J connectivity index is 1.86. The molecule has 0 saturated carbocycles. The molecule has 0 aliphatic carbocycles. The number of hydrogen-bond donors (Lipinski definition) is 1. The third-order valence-corrected chi connectivity index (χ3v) is 5.31. The topological polar surface area (TPSA) is 98.5 Å². The van der Waals surface area contributed by atoms with Gasteiger partial charge in [0.1, 0.15) is 20.8 Å². The summed E-state index contributed by atoms with van der Waals surface area (Å²) in [5.41, 5.74) is 0.528. The molecule has 0 fully saturated rings. The molecule has 8 heteroatoms. The fourth-order valence-corrected chi connectivity index (χ4v) is 3.88. The third-order valence-electron chi connectivity index (χ3n) is 4.23. The van der Waals surface area contributed by atoms with Gasteiger partial charge in [-0.2, -0.15) is 0 Å². The Bertz CT molecular complexity index is 1280. The average molecular weight is 420 g/mol. The van der Waals surface area contributed by atoms with Gasteiger partial charge in [0.15, 0.2) is 0 Å². The van der Waals surface area contributed by atoms with Crippen LogP contribution in [0.5, 0.6) is 0 Å². The zero-order chi connectivity index (χ0) is 21.1. The molecule has 0 atom stereocenters. The van der Waals surface area contributed by atoms with Gasteiger partial charge in [-0.05, 0) is 31.2 Å². The van der Waals surface area contributed by atoms with Gasteiger partial charge in [0.05, 0.1) is 6.61 Å². The summed E-state index contributed by atoms with van der Waals surface area (Å²) in [6.07, 6.45) is 0. The van der Waals surface area contributed by atoms with Crippen LogP contribution in [0.2, 0.25) is 0 Å². The van der Waals surface area contributed by atoms with Gasteiger partial charge in [0.25, 0.3) is 5.91 Å². The molecule has 4 aromatic rings. The molecule has 0 aliphatic rings. The lowest BCUT2D eigenvalue weighted by molar-refractivity contribution is 0.0530. The predicted molar refractivity (Wildman–Crippen MR) is 114 cm³/mol. The van der Waals surface area contributed by atoms with Crippen molar-refractivity contribution in [1.82, 2.24) is 4.98 Å². The largest absolute Gasteiger partial charge is 0.462 e. The number of ether oxygens (including phenoxy) is 1. The minimum atomic E-state index is -0.677. The number of benzene rings is 2. The molecule has 1 N–H and O–H groups in total. The normalized spacial score (nSPS) is 10.7. The van der Waals surface area contributed by atoms with E-state index in [-0.39, 0.29) is 33.3 Å². The monoisotopic (exact) mass is 420 g/mol. The Morgan fingerprint density at radius 3 is 2.40 bits per heavy atom. The number of rotatable bonds is 5. The molecule has 150 valence electrons. The van der Waals surface area contributed by atoms with Crippen molar-refractivity contribution in [3.63, 3.8) is 0 Å². The SMILES string of the molecule is CCOC(=O)c1c(NC(=O)c2ccccc2)sc2c(=O)oc(-c3ccccc3)nc12. The van der Waals surface area contributed by atoms with Gasteiger partial charge >= 0.3 is 11.6 Å². The fraction of sp³-hybridized carbons (Fsp3) is 0.0909. The second kappa shape index (κ2) is 8.30. The minimum Gasteiger partial charge on any atom is -0.462 e. The number of nitrogens with one attached hydrogen (secondary N) is 1. The first-order valence-corrected chi connectivity index (χ1v) is 9.96. The third kappa shape index (κ3) is 3.72. The van der Waals surface area contributed by atoms with E-state index in [1.165, 1.54) is 0 Å². The molecule has 0 spiro atoms. The van der Waals surface area contributed by atoms with Crippen LogP contribution in [-0.4, -0.2) is 23.5 Å². The van der Waals surface area contributed by atoms with Crippen LogP contribution < -0.4 is 10.9 Å². The van der Waals surface area contributed by atoms with E-state index in [0.29, 0.717) is 11.1 Å². The Kier molecular flexibility index (Phi) is 5.40. The lowest BCUT2D eigenvalue weighted by Gasteiger charge is -2.06. The number of esters is 1. The van der Waals surface area contributed by atoms with Crippen molar-refractivity contribution >= 4 is 38.4 Å². The molecule has 0 unspecified atom stereocenters. The maximum Gasteiger partial charge on any atom is 0.357 e. The predicted octanol–water partition coefficient (Wildman–Crippen LogP) is 4.35. The van der Waals surface area contributed by atoms with Crippen LogP contribution in [-0.2, 0) is 4.74 Å². The molecule has 1 amide bonds. The molecule has 2 aromatic heterocycles. The Labute approximate surface area is 174 Å². The molecule has 0 bridgehead atoms. The first kappa shape index (κ1) is 19.5. The summed E-state index contributed by atoms with van der Waals surface area (Å²) in [6, 6.07) is 17.4. The van der Waals surface area contributed by atoms with Crippen molar-refractivity contribution in [2.24, 2.45) is 0 Å². The quantitative estimate of drug-likeness (QED) is 0.482. The number of fused-ring (bicyclic) bond motifs is 1. The van der Waals surface area contributed by atoms with Gasteiger partial charge < -0.3 is 14.5 Å². The van der Waals surface area contributed by atoms with Crippen LogP contribution in [0.15, 0.2) is 69.9 Å². The van der Waals surface area contributed by atoms with Crippen molar-refractivity contribution in [2.75, 3.05) is 11.9 Å². The number of aromatic nitrogens is 1. The van der Waals surface area contributed by atoms with E-state index < -0.39 is 17.5 Å². The van der Waals surface area contributed by atoms with E-state index in [4.69, 9.17) is 9.15 Å². The molecular formula is C22H16N2O5S. The fourth-order valence-electron chi connectivity index (χ4n) is 2.88. The summed E-state index contributed by atoms with van der Waals surface area (Å²) in [7, 11) is 0. The highest BCUT2D eigenvalue weighted by Crippen LogP contribution is 2.35. The Morgan fingerprint density at radius 1 is 1.07 bits per heavy atom. The van der Waals surface area contributed by atoms with Crippen molar-refractivity contribution in [3.8, 4) is 11.5 Å². The molecule has 7 nitrogen and oxygen atoms in total. The number of carbonyl (C=O) groups is 2. The van der Waals surface area contributed by atoms with E-state index in [2.05, 4.69) is 10.3 Å². The van der Waals surface area contributed by atoms with Crippen LogP contribution >= 0.6 is 11.3 Å². The summed E-state index contributed by atoms with van der Waals surface area (Å²) in [5, 5.41) is 2.88. The molecular weight excluding hydrogens is 404 g/mol. The van der Waals surface area contributed by atoms with Crippen LogP contribution in [0, 0.1) is 0 Å². The smallest absolute Gasteiger partial charge is 0.357 e. The minimum absolute atomic E-state index is 0.0335. The molecule has 0 aliphatic heterocycles. The highest BCUT2D eigenvalue weighted by atomic mass is 32.1. The number of carbonyl (C=O) groups excluding carboxylic acids is 2. The first-order valence-electron chi connectivity index (χ1n) is 9.15. The summed E-state index contributed by atoms with van der Waals surface area (Å²) < 4.78 is 10.6. The maximum atomic E-state index is 12.7. The van der Waals surface area contributed by atoms with Gasteiger partial charge in [-0.25, -0.2) is 14.6 Å². The zero-order valence-corrected chi connectivity index (χ0v) is 16.7. The second-order valence-corrected chi connectivity index (χ2v) is 7.22. The maximum absolute atomic E-state index is 12.7. The lowest BCUT2D eigenvalue weighted by Crippen LogP contribution is -2.14. The first-order chi connectivity index (χ1) is 14.6. The molecule has 4 rings (SSSR count). The number of hydrogen-bond acceptors (Lipinski definition) is 7. The van der Waals surface area contributed by atoms with Crippen molar-refractivity contribution < 1.29 is 18.7 Å². The zero-order valence-electron chi connectivity index (χ0n) is 15.9. The van der Waals surface area contributed by atoms with Crippen molar-refractivity contribution in [2.45, 2.75) is 6.92 Å². The van der Waals surface area contributed by atoms with Crippen LogP contribution in [0.3, 0.4) is 0 Å². The summed E-state index contributed by atoms with van der Waals surface area (Å²) in [4.78, 5) is 42.3. The van der Waals surface area contributed by atoms with E-state index in [0.717, 1.165) is 11.3 Å². The van der Waals surface area contributed by atoms with E-state index in [1.54, 1.807) is 61.5 Å². The molecule has 2 heterocycles. The number of nitrogens with zero attached hydrogens (tertiary/aromatic N) is 1. The second-order valence-electron chi connectivity index (χ2n) is 6.20. The molecule has 0 radical (unpaired) electrons. The molecule has 2 aromatic carbocycles. The summed E-state index contributed by atoms with van der Waals surface area (Å²) in [6.45, 7) is 1.81. The molecule has 0 saturated heterocycles. The van der Waals surface area contributed by atoms with E-state index in [1.807, 2.05) is 6.07 Å². The summed E-state index contributed by atoms with van der Waals surface area (Å²) in [5.74, 6) is -1.01. The van der Waals surface area contributed by atoms with Gasteiger partial charge in [-0.3, -0.25) is 4.79 Å². The van der Waals surface area contributed by atoms with Crippen molar-refractivity contribution in [1.29, 1.82) is 0 Å². The highest BCUT2D eigenvalue weighted by molar-refractivity contribution is 7.23. The summed E-state index contributed by atoms with van der Waals surface area (Å²) >= 11 is 0.930. The van der Waals surface area contributed by atoms with Crippen molar-refractivity contribution in [3.05, 3.63) is 82.2 Å². The van der Waals surface area contributed by atoms with Crippen LogP contribution in [0.1, 0.15) is 27.6 Å². The Hall–Kier alpha value is -3.78. The Morgan fingerprint density at radius 2 is 1.73 bits per heavy atom.